The van der Waals surface area contributed by atoms with Crippen LogP contribution in [0.4, 0.5) is 5.00 Å². The van der Waals surface area contributed by atoms with E-state index in [9.17, 15) is 9.59 Å². The monoisotopic (exact) mass is 372 g/mol. The van der Waals surface area contributed by atoms with Gasteiger partial charge in [-0.25, -0.2) is 0 Å². The van der Waals surface area contributed by atoms with Crippen molar-refractivity contribution in [1.29, 1.82) is 0 Å². The number of furan rings is 1. The van der Waals surface area contributed by atoms with E-state index in [0.29, 0.717) is 5.00 Å². The zero-order valence-electron chi connectivity index (χ0n) is 14.9. The highest BCUT2D eigenvalue weighted by Gasteiger charge is 2.29. The Kier molecular flexibility index (Phi) is 5.11. The summed E-state index contributed by atoms with van der Waals surface area (Å²) >= 11 is 1.57. The molecule has 6 heteroatoms. The summed E-state index contributed by atoms with van der Waals surface area (Å²) in [7, 11) is 0. The van der Waals surface area contributed by atoms with Gasteiger partial charge in [0, 0.05) is 18.0 Å². The van der Waals surface area contributed by atoms with Gasteiger partial charge < -0.3 is 14.6 Å². The Morgan fingerprint density at radius 3 is 2.58 bits per heavy atom. The van der Waals surface area contributed by atoms with Crippen LogP contribution in [0.1, 0.15) is 69.9 Å². The van der Waals surface area contributed by atoms with Crippen molar-refractivity contribution in [2.75, 3.05) is 18.4 Å². The summed E-state index contributed by atoms with van der Waals surface area (Å²) in [6, 6.07) is 3.33. The van der Waals surface area contributed by atoms with Crippen LogP contribution in [0, 0.1) is 0 Å². The van der Waals surface area contributed by atoms with E-state index in [2.05, 4.69) is 5.32 Å². The van der Waals surface area contributed by atoms with Gasteiger partial charge >= 0.3 is 0 Å². The molecular formula is C20H24N2O3S. The summed E-state index contributed by atoms with van der Waals surface area (Å²) in [5.74, 6) is 0.0583. The van der Waals surface area contributed by atoms with Crippen molar-refractivity contribution in [3.63, 3.8) is 0 Å². The van der Waals surface area contributed by atoms with Gasteiger partial charge in [0.1, 0.15) is 5.00 Å². The molecule has 5 nitrogen and oxygen atoms in total. The molecule has 0 atom stereocenters. The number of likely N-dealkylation sites (tertiary alicyclic amines) is 1. The number of rotatable bonds is 3. The Morgan fingerprint density at radius 1 is 1.04 bits per heavy atom. The number of anilines is 1. The number of piperidine rings is 1. The highest BCUT2D eigenvalue weighted by molar-refractivity contribution is 7.17. The number of fused-ring (bicyclic) bond motifs is 1. The second kappa shape index (κ2) is 7.66. The quantitative estimate of drug-likeness (QED) is 0.808. The molecule has 0 bridgehead atoms. The van der Waals surface area contributed by atoms with Crippen LogP contribution >= 0.6 is 11.3 Å². The molecule has 2 aromatic heterocycles. The first kappa shape index (κ1) is 17.3. The maximum Gasteiger partial charge on any atom is 0.291 e. The van der Waals surface area contributed by atoms with E-state index in [1.54, 1.807) is 23.5 Å². The van der Waals surface area contributed by atoms with E-state index >= 15 is 0 Å². The molecule has 0 unspecified atom stereocenters. The van der Waals surface area contributed by atoms with Crippen molar-refractivity contribution in [1.82, 2.24) is 4.90 Å². The van der Waals surface area contributed by atoms with Crippen molar-refractivity contribution >= 4 is 28.2 Å². The molecule has 0 saturated carbocycles. The van der Waals surface area contributed by atoms with Gasteiger partial charge in [0.2, 0.25) is 0 Å². The van der Waals surface area contributed by atoms with Crippen LogP contribution in [-0.2, 0) is 12.8 Å². The van der Waals surface area contributed by atoms with Crippen molar-refractivity contribution < 1.29 is 14.0 Å². The standard InChI is InChI=1S/C20H24N2O3S/c23-18(15-9-7-13-25-15)21-19-17(20(24)22-11-5-2-6-12-22)14-8-3-1-4-10-16(14)26-19/h7,9,13H,1-6,8,10-12H2,(H,21,23). The normalized spacial score (nSPS) is 17.5. The smallest absolute Gasteiger partial charge is 0.291 e. The zero-order chi connectivity index (χ0) is 17.9. The SMILES string of the molecule is O=C(Nc1sc2c(c1C(=O)N1CCCCC1)CCCCC2)c1ccco1. The second-order valence-electron chi connectivity index (χ2n) is 7.05. The number of nitrogens with one attached hydrogen (secondary N) is 1. The van der Waals surface area contributed by atoms with Crippen LogP contribution in [0.5, 0.6) is 0 Å². The van der Waals surface area contributed by atoms with Crippen LogP contribution in [0.25, 0.3) is 0 Å². The number of hydrogen-bond acceptors (Lipinski definition) is 4. The predicted molar refractivity (Wildman–Crippen MR) is 102 cm³/mol. The first-order valence-electron chi connectivity index (χ1n) is 9.52. The third kappa shape index (κ3) is 3.43. The van der Waals surface area contributed by atoms with Crippen LogP contribution in [0.2, 0.25) is 0 Å². The van der Waals surface area contributed by atoms with Crippen LogP contribution in [0.3, 0.4) is 0 Å². The molecule has 1 N–H and O–H groups in total. The summed E-state index contributed by atoms with van der Waals surface area (Å²) in [6.45, 7) is 1.63. The van der Waals surface area contributed by atoms with Gasteiger partial charge in [-0.3, -0.25) is 9.59 Å². The molecular weight excluding hydrogens is 348 g/mol. The largest absolute Gasteiger partial charge is 0.459 e. The second-order valence-corrected chi connectivity index (χ2v) is 8.16. The molecule has 26 heavy (non-hydrogen) atoms. The van der Waals surface area contributed by atoms with Gasteiger partial charge in [-0.2, -0.15) is 0 Å². The number of aryl methyl sites for hydroxylation is 1. The van der Waals surface area contributed by atoms with Crippen molar-refractivity contribution in [3.8, 4) is 0 Å². The fraction of sp³-hybridized carbons (Fsp3) is 0.500. The molecule has 4 rings (SSSR count). The molecule has 2 aliphatic rings. The maximum atomic E-state index is 13.3. The average molecular weight is 372 g/mol. The van der Waals surface area contributed by atoms with E-state index in [1.165, 1.54) is 24.0 Å². The molecule has 138 valence electrons. The van der Waals surface area contributed by atoms with Gasteiger partial charge in [0.15, 0.2) is 5.76 Å². The molecule has 1 saturated heterocycles. The first-order valence-corrected chi connectivity index (χ1v) is 10.3. The van der Waals surface area contributed by atoms with Gasteiger partial charge in [-0.05, 0) is 62.6 Å². The molecule has 2 aromatic rings. The van der Waals surface area contributed by atoms with E-state index < -0.39 is 0 Å². The first-order chi connectivity index (χ1) is 12.7. The molecule has 0 aromatic carbocycles. The lowest BCUT2D eigenvalue weighted by Crippen LogP contribution is -2.36. The summed E-state index contributed by atoms with van der Waals surface area (Å²) in [4.78, 5) is 29.0. The van der Waals surface area contributed by atoms with Crippen LogP contribution in [-0.4, -0.2) is 29.8 Å². The van der Waals surface area contributed by atoms with Gasteiger partial charge in [-0.1, -0.05) is 6.42 Å². The van der Waals surface area contributed by atoms with Gasteiger partial charge in [-0.15, -0.1) is 11.3 Å². The molecule has 1 aliphatic carbocycles. The molecule has 1 aliphatic heterocycles. The minimum absolute atomic E-state index is 0.0823. The number of nitrogens with zero attached hydrogens (tertiary/aromatic N) is 1. The van der Waals surface area contributed by atoms with E-state index in [4.69, 9.17) is 4.42 Å². The topological polar surface area (TPSA) is 62.6 Å². The summed E-state index contributed by atoms with van der Waals surface area (Å²) in [6.07, 6.45) is 10.2. The zero-order valence-corrected chi connectivity index (χ0v) is 15.7. The highest BCUT2D eigenvalue weighted by atomic mass is 32.1. The minimum Gasteiger partial charge on any atom is -0.459 e. The predicted octanol–water partition coefficient (Wildman–Crippen LogP) is 4.49. The number of carbonyl (C=O) groups excluding carboxylic acids is 2. The summed E-state index contributed by atoms with van der Waals surface area (Å²) in [5.41, 5.74) is 1.89. The third-order valence-electron chi connectivity index (χ3n) is 5.25. The molecule has 1 fully saturated rings. The maximum absolute atomic E-state index is 13.3. The minimum atomic E-state index is -0.292. The lowest BCUT2D eigenvalue weighted by atomic mass is 10.0. The highest BCUT2D eigenvalue weighted by Crippen LogP contribution is 2.38. The molecule has 3 heterocycles. The Bertz CT molecular complexity index is 788. The molecule has 0 spiro atoms. The Labute approximate surface area is 157 Å². The fourth-order valence-corrected chi connectivity index (χ4v) is 5.16. The van der Waals surface area contributed by atoms with Crippen molar-refractivity contribution in [2.24, 2.45) is 0 Å². The lowest BCUT2D eigenvalue weighted by Gasteiger charge is -2.27. The van der Waals surface area contributed by atoms with Crippen molar-refractivity contribution in [2.45, 2.75) is 51.4 Å². The van der Waals surface area contributed by atoms with E-state index in [0.717, 1.165) is 62.7 Å². The van der Waals surface area contributed by atoms with Crippen LogP contribution < -0.4 is 5.32 Å². The van der Waals surface area contributed by atoms with Gasteiger partial charge in [0.05, 0.1) is 11.8 Å². The number of amides is 2. The van der Waals surface area contributed by atoms with Gasteiger partial charge in [0.25, 0.3) is 11.8 Å². The number of carbonyl (C=O) groups is 2. The summed E-state index contributed by atoms with van der Waals surface area (Å²) < 4.78 is 5.20. The Morgan fingerprint density at radius 2 is 1.81 bits per heavy atom. The van der Waals surface area contributed by atoms with Crippen molar-refractivity contribution in [3.05, 3.63) is 40.2 Å². The number of thiophene rings is 1. The third-order valence-corrected chi connectivity index (χ3v) is 6.46. The average Bonchev–Trinajstić information content (AvgIpc) is 3.25. The fourth-order valence-electron chi connectivity index (χ4n) is 3.88. The molecule has 0 radical (unpaired) electrons. The summed E-state index contributed by atoms with van der Waals surface area (Å²) in [5, 5.41) is 3.64. The number of hydrogen-bond donors (Lipinski definition) is 1. The Hall–Kier alpha value is -2.08. The van der Waals surface area contributed by atoms with Crippen LogP contribution in [0.15, 0.2) is 22.8 Å². The van der Waals surface area contributed by atoms with E-state index in [1.807, 2.05) is 4.90 Å². The Balaban J connectivity index is 1.68. The van der Waals surface area contributed by atoms with E-state index in [-0.39, 0.29) is 17.6 Å². The lowest BCUT2D eigenvalue weighted by molar-refractivity contribution is 0.0724. The molecule has 2 amide bonds.